The molecule has 1 saturated heterocycles. The minimum absolute atomic E-state index is 0.0157. The number of hydrogen-bond donors (Lipinski definition) is 2. The van der Waals surface area contributed by atoms with Crippen LogP contribution in [-0.4, -0.2) is 76.7 Å². The number of carbonyl (C=O) groups is 6. The van der Waals surface area contributed by atoms with Crippen molar-refractivity contribution in [2.75, 3.05) is 20.7 Å². The zero-order valence-corrected chi connectivity index (χ0v) is 21.8. The van der Waals surface area contributed by atoms with Gasteiger partial charge in [0, 0.05) is 24.7 Å². The standard InChI is InChI=1S/C26H31N5O7/c1-5-15-16-9-10-17-19(23(35)30(3)21(17)33)20(16)26(2,24(36)28-13-18(32)38-4)31(22(15)34)25(37)29-12-14-8-6-7-11-27-14/h6-8,11,17,19-20H,5,9-10,12-13H2,1-4H3,(H,28,36)(H,29,37)/t17-,19-,20+,26+/m1/s1. The number of amides is 6. The molecule has 0 unspecified atom stereocenters. The van der Waals surface area contributed by atoms with Crippen LogP contribution in [0.1, 0.15) is 38.8 Å². The van der Waals surface area contributed by atoms with E-state index < -0.39 is 59.6 Å². The number of aromatic nitrogens is 1. The predicted octanol–water partition coefficient (Wildman–Crippen LogP) is 0.529. The molecule has 0 aromatic carbocycles. The molecule has 12 heteroatoms. The van der Waals surface area contributed by atoms with Gasteiger partial charge in [-0.2, -0.15) is 0 Å². The van der Waals surface area contributed by atoms with E-state index in [9.17, 15) is 28.8 Å². The smallest absolute Gasteiger partial charge is 0.325 e. The van der Waals surface area contributed by atoms with Gasteiger partial charge in [0.2, 0.25) is 17.7 Å². The SMILES string of the molecule is CCC1=C2CC[C@H]3C(=O)N(C)C(=O)[C@H]3[C@H]2[C@@](C)(C(=O)NCC(=O)OC)N(C(=O)NCc2ccccn2)C1=O. The molecule has 4 rings (SSSR count). The first-order valence-electron chi connectivity index (χ1n) is 12.5. The Morgan fingerprint density at radius 2 is 1.89 bits per heavy atom. The minimum atomic E-state index is -1.92. The van der Waals surface area contributed by atoms with Crippen LogP contribution in [0.2, 0.25) is 0 Å². The number of rotatable bonds is 6. The number of nitrogens with zero attached hydrogens (tertiary/aromatic N) is 3. The molecule has 12 nitrogen and oxygen atoms in total. The lowest BCUT2D eigenvalue weighted by molar-refractivity contribution is -0.151. The van der Waals surface area contributed by atoms with Gasteiger partial charge in [-0.3, -0.25) is 33.9 Å². The molecule has 0 bridgehead atoms. The van der Waals surface area contributed by atoms with Gasteiger partial charge < -0.3 is 15.4 Å². The number of carbonyl (C=O) groups excluding carboxylic acids is 6. The van der Waals surface area contributed by atoms with Crippen molar-refractivity contribution in [1.29, 1.82) is 0 Å². The average molecular weight is 526 g/mol. The van der Waals surface area contributed by atoms with Crippen molar-refractivity contribution >= 4 is 35.6 Å². The highest BCUT2D eigenvalue weighted by atomic mass is 16.5. The van der Waals surface area contributed by atoms with Gasteiger partial charge in [0.05, 0.1) is 31.2 Å². The second-order valence-corrected chi connectivity index (χ2v) is 9.77. The first kappa shape index (κ1) is 27.0. The van der Waals surface area contributed by atoms with E-state index in [2.05, 4.69) is 20.4 Å². The molecule has 1 aliphatic carbocycles. The zero-order chi connectivity index (χ0) is 27.8. The maximum atomic E-state index is 13.8. The normalized spacial score (nSPS) is 26.6. The van der Waals surface area contributed by atoms with Crippen molar-refractivity contribution in [3.8, 4) is 0 Å². The lowest BCUT2D eigenvalue weighted by Crippen LogP contribution is -2.71. The average Bonchev–Trinajstić information content (AvgIpc) is 3.14. The second kappa shape index (κ2) is 10.3. The Morgan fingerprint density at radius 1 is 1.16 bits per heavy atom. The minimum Gasteiger partial charge on any atom is -0.468 e. The van der Waals surface area contributed by atoms with E-state index in [-0.39, 0.29) is 18.9 Å². The number of nitrogens with one attached hydrogen (secondary N) is 2. The van der Waals surface area contributed by atoms with E-state index in [4.69, 9.17) is 0 Å². The summed E-state index contributed by atoms with van der Waals surface area (Å²) in [6.45, 7) is 2.66. The van der Waals surface area contributed by atoms with Crippen molar-refractivity contribution in [1.82, 2.24) is 25.4 Å². The molecule has 2 N–H and O–H groups in total. The number of fused-ring (bicyclic) bond motifs is 3. The highest BCUT2D eigenvalue weighted by Gasteiger charge is 2.65. The maximum absolute atomic E-state index is 13.8. The van der Waals surface area contributed by atoms with Crippen LogP contribution in [0.3, 0.4) is 0 Å². The number of methoxy groups -OCH3 is 1. The summed E-state index contributed by atoms with van der Waals surface area (Å²) in [5, 5.41) is 5.13. The number of imide groups is 2. The van der Waals surface area contributed by atoms with E-state index in [0.717, 1.165) is 16.9 Å². The molecule has 0 spiro atoms. The van der Waals surface area contributed by atoms with Crippen LogP contribution in [0.5, 0.6) is 0 Å². The summed E-state index contributed by atoms with van der Waals surface area (Å²) in [4.78, 5) is 85.5. The third kappa shape index (κ3) is 4.23. The summed E-state index contributed by atoms with van der Waals surface area (Å²) in [5.74, 6) is -5.58. The van der Waals surface area contributed by atoms with Crippen LogP contribution in [0.25, 0.3) is 0 Å². The molecule has 3 aliphatic rings. The van der Waals surface area contributed by atoms with Crippen molar-refractivity contribution in [3.05, 3.63) is 41.2 Å². The van der Waals surface area contributed by atoms with Crippen LogP contribution in [0.15, 0.2) is 35.5 Å². The lowest BCUT2D eigenvalue weighted by Gasteiger charge is -2.52. The molecule has 0 radical (unpaired) electrons. The molecule has 38 heavy (non-hydrogen) atoms. The van der Waals surface area contributed by atoms with Gasteiger partial charge >= 0.3 is 12.0 Å². The fourth-order valence-corrected chi connectivity index (χ4v) is 5.99. The van der Waals surface area contributed by atoms with Gasteiger partial charge in [0.1, 0.15) is 12.1 Å². The molecule has 4 atom stereocenters. The summed E-state index contributed by atoms with van der Waals surface area (Å²) in [7, 11) is 2.56. The zero-order valence-electron chi connectivity index (χ0n) is 21.8. The van der Waals surface area contributed by atoms with Gasteiger partial charge in [-0.1, -0.05) is 18.6 Å². The third-order valence-electron chi connectivity index (χ3n) is 7.86. The van der Waals surface area contributed by atoms with Crippen LogP contribution in [-0.2, 0) is 35.3 Å². The van der Waals surface area contributed by atoms with Gasteiger partial charge in [-0.25, -0.2) is 9.69 Å². The molecular weight excluding hydrogens is 494 g/mol. The molecule has 2 aliphatic heterocycles. The van der Waals surface area contributed by atoms with Gasteiger partial charge in [0.25, 0.3) is 5.91 Å². The summed E-state index contributed by atoms with van der Waals surface area (Å²) in [6.07, 6.45) is 2.51. The van der Waals surface area contributed by atoms with Crippen molar-refractivity contribution in [2.24, 2.45) is 17.8 Å². The van der Waals surface area contributed by atoms with Gasteiger partial charge in [-0.05, 0) is 38.3 Å². The highest BCUT2D eigenvalue weighted by Crippen LogP contribution is 2.53. The van der Waals surface area contributed by atoms with Crippen molar-refractivity contribution in [3.63, 3.8) is 0 Å². The molecule has 2 fully saturated rings. The van der Waals surface area contributed by atoms with Crippen LogP contribution >= 0.6 is 0 Å². The molecule has 1 aromatic heterocycles. The first-order chi connectivity index (χ1) is 18.1. The first-order valence-corrected chi connectivity index (χ1v) is 12.5. The molecule has 202 valence electrons. The Kier molecular flexibility index (Phi) is 7.34. The van der Waals surface area contributed by atoms with Gasteiger partial charge in [-0.15, -0.1) is 0 Å². The Hall–Kier alpha value is -4.09. The largest absolute Gasteiger partial charge is 0.468 e. The number of likely N-dealkylation sites (tertiary alicyclic amines) is 1. The monoisotopic (exact) mass is 525 g/mol. The van der Waals surface area contributed by atoms with Crippen LogP contribution < -0.4 is 10.6 Å². The fourth-order valence-electron chi connectivity index (χ4n) is 5.99. The Morgan fingerprint density at radius 3 is 2.53 bits per heavy atom. The fraction of sp³-hybridized carbons (Fsp3) is 0.500. The van der Waals surface area contributed by atoms with E-state index in [1.54, 1.807) is 31.3 Å². The number of ether oxygens (including phenoxy) is 1. The van der Waals surface area contributed by atoms with Crippen molar-refractivity contribution in [2.45, 2.75) is 45.2 Å². The van der Waals surface area contributed by atoms with Crippen LogP contribution in [0.4, 0.5) is 4.79 Å². The quantitative estimate of drug-likeness (QED) is 0.403. The topological polar surface area (TPSA) is 155 Å². The summed E-state index contributed by atoms with van der Waals surface area (Å²) < 4.78 is 4.62. The Labute approximate surface area is 219 Å². The number of pyridine rings is 1. The number of hydrogen-bond acceptors (Lipinski definition) is 8. The molecular formula is C26H31N5O7. The molecule has 6 amide bonds. The predicted molar refractivity (Wildman–Crippen MR) is 132 cm³/mol. The molecule has 1 saturated carbocycles. The summed E-state index contributed by atoms with van der Waals surface area (Å²) in [5.41, 5.74) is -0.447. The van der Waals surface area contributed by atoms with Crippen LogP contribution in [0, 0.1) is 17.8 Å². The van der Waals surface area contributed by atoms with E-state index in [1.165, 1.54) is 14.0 Å². The van der Waals surface area contributed by atoms with Crippen molar-refractivity contribution < 1.29 is 33.5 Å². The lowest BCUT2D eigenvalue weighted by atomic mass is 9.59. The van der Waals surface area contributed by atoms with E-state index in [1.807, 2.05) is 0 Å². The molecule has 1 aromatic rings. The summed E-state index contributed by atoms with van der Waals surface area (Å²) >= 11 is 0. The Balaban J connectivity index is 1.82. The maximum Gasteiger partial charge on any atom is 0.325 e. The second-order valence-electron chi connectivity index (χ2n) is 9.77. The highest BCUT2D eigenvalue weighted by molar-refractivity contribution is 6.12. The number of urea groups is 1. The Bertz CT molecular complexity index is 1230. The van der Waals surface area contributed by atoms with E-state index in [0.29, 0.717) is 29.7 Å². The van der Waals surface area contributed by atoms with Gasteiger partial charge in [0.15, 0.2) is 0 Å². The summed E-state index contributed by atoms with van der Waals surface area (Å²) in [6, 6.07) is 4.31. The number of esters is 1. The third-order valence-corrected chi connectivity index (χ3v) is 7.86. The van der Waals surface area contributed by atoms with E-state index >= 15 is 0 Å². The molecule has 3 heterocycles.